The Morgan fingerprint density at radius 3 is 2.50 bits per heavy atom. The lowest BCUT2D eigenvalue weighted by Crippen LogP contribution is -2.45. The van der Waals surface area contributed by atoms with Gasteiger partial charge in [0.15, 0.2) is 12.0 Å². The first kappa shape index (κ1) is 15.8. The summed E-state index contributed by atoms with van der Waals surface area (Å²) in [6, 6.07) is 7.19. The second-order valence-electron chi connectivity index (χ2n) is 4.83. The van der Waals surface area contributed by atoms with E-state index < -0.39 is 29.8 Å². The molecule has 1 aliphatic heterocycles. The van der Waals surface area contributed by atoms with Crippen LogP contribution in [0.1, 0.15) is 5.56 Å². The smallest absolute Gasteiger partial charge is 0.352 e. The molecule has 5 N–H and O–H groups in total. The molecule has 0 spiro atoms. The van der Waals surface area contributed by atoms with Gasteiger partial charge in [0.25, 0.3) is 0 Å². The van der Waals surface area contributed by atoms with E-state index in [2.05, 4.69) is 5.32 Å². The number of anilines is 1. The maximum absolute atomic E-state index is 11.6. The van der Waals surface area contributed by atoms with Crippen LogP contribution in [0.4, 0.5) is 5.69 Å². The SMILES string of the molecule is Cc1cccc(NC2=C(Cl)C(=O)O[C@@H]2C(C(N)=O)C(N)=O)c1. The van der Waals surface area contributed by atoms with Crippen LogP contribution in [0, 0.1) is 12.8 Å². The minimum atomic E-state index is -1.51. The van der Waals surface area contributed by atoms with Gasteiger partial charge in [-0.15, -0.1) is 0 Å². The van der Waals surface area contributed by atoms with Crippen LogP contribution in [-0.2, 0) is 19.1 Å². The molecule has 0 saturated heterocycles. The van der Waals surface area contributed by atoms with E-state index in [1.165, 1.54) is 0 Å². The predicted molar refractivity (Wildman–Crippen MR) is 79.4 cm³/mol. The number of cyclic esters (lactones) is 1. The van der Waals surface area contributed by atoms with E-state index >= 15 is 0 Å². The Hall–Kier alpha value is -2.54. The number of primary amides is 2. The summed E-state index contributed by atoms with van der Waals surface area (Å²) >= 11 is 5.90. The second-order valence-corrected chi connectivity index (χ2v) is 5.21. The average Bonchev–Trinajstić information content (AvgIpc) is 2.66. The van der Waals surface area contributed by atoms with E-state index in [9.17, 15) is 14.4 Å². The Balaban J connectivity index is 2.38. The van der Waals surface area contributed by atoms with Crippen molar-refractivity contribution in [2.75, 3.05) is 5.32 Å². The van der Waals surface area contributed by atoms with Gasteiger partial charge in [-0.05, 0) is 24.6 Å². The molecule has 8 heteroatoms. The van der Waals surface area contributed by atoms with Crippen LogP contribution >= 0.6 is 11.6 Å². The number of hydrogen-bond acceptors (Lipinski definition) is 5. The summed E-state index contributed by atoms with van der Waals surface area (Å²) in [5.74, 6) is -4.36. The Bertz CT molecular complexity index is 672. The number of aryl methyl sites for hydroxylation is 1. The highest BCUT2D eigenvalue weighted by Gasteiger charge is 2.44. The monoisotopic (exact) mass is 323 g/mol. The summed E-state index contributed by atoms with van der Waals surface area (Å²) in [6.07, 6.45) is -1.27. The van der Waals surface area contributed by atoms with Crippen molar-refractivity contribution < 1.29 is 19.1 Å². The molecule has 0 radical (unpaired) electrons. The maximum Gasteiger partial charge on any atom is 0.352 e. The van der Waals surface area contributed by atoms with E-state index in [4.69, 9.17) is 27.8 Å². The molecule has 0 fully saturated rings. The molecule has 2 rings (SSSR count). The number of benzene rings is 1. The van der Waals surface area contributed by atoms with Crippen LogP contribution in [-0.4, -0.2) is 23.9 Å². The first-order valence-corrected chi connectivity index (χ1v) is 6.72. The molecule has 0 bridgehead atoms. The quantitative estimate of drug-likeness (QED) is 0.533. The van der Waals surface area contributed by atoms with Gasteiger partial charge in [-0.1, -0.05) is 23.7 Å². The summed E-state index contributed by atoms with van der Waals surface area (Å²) in [5.41, 5.74) is 12.0. The molecule has 0 aliphatic carbocycles. The molecular formula is C14H14ClN3O4. The maximum atomic E-state index is 11.6. The fraction of sp³-hybridized carbons (Fsp3) is 0.214. The third-order valence-electron chi connectivity index (χ3n) is 3.15. The number of nitrogens with two attached hydrogens (primary N) is 2. The van der Waals surface area contributed by atoms with Gasteiger partial charge in [0.05, 0.1) is 5.70 Å². The number of halogens is 1. The molecule has 2 amide bonds. The number of carbonyl (C=O) groups excluding carboxylic acids is 3. The van der Waals surface area contributed by atoms with Crippen LogP contribution in [0.25, 0.3) is 0 Å². The zero-order valence-electron chi connectivity index (χ0n) is 11.6. The van der Waals surface area contributed by atoms with Crippen LogP contribution in [0.15, 0.2) is 35.0 Å². The summed E-state index contributed by atoms with van der Waals surface area (Å²) in [5, 5.41) is 2.64. The topological polar surface area (TPSA) is 125 Å². The number of rotatable bonds is 5. The summed E-state index contributed by atoms with van der Waals surface area (Å²) in [4.78, 5) is 34.5. The summed E-state index contributed by atoms with van der Waals surface area (Å²) in [6.45, 7) is 1.88. The second kappa shape index (κ2) is 6.07. The van der Waals surface area contributed by atoms with Crippen molar-refractivity contribution in [3.05, 3.63) is 40.6 Å². The van der Waals surface area contributed by atoms with Crippen molar-refractivity contribution in [3.63, 3.8) is 0 Å². The highest BCUT2D eigenvalue weighted by atomic mass is 35.5. The number of hydrogen-bond donors (Lipinski definition) is 3. The van der Waals surface area contributed by atoms with Crippen molar-refractivity contribution in [2.45, 2.75) is 13.0 Å². The Morgan fingerprint density at radius 2 is 1.95 bits per heavy atom. The van der Waals surface area contributed by atoms with Gasteiger partial charge < -0.3 is 21.5 Å². The molecule has 0 unspecified atom stereocenters. The predicted octanol–water partition coefficient (Wildman–Crippen LogP) is 0.370. The van der Waals surface area contributed by atoms with Gasteiger partial charge in [-0.2, -0.15) is 0 Å². The lowest BCUT2D eigenvalue weighted by atomic mass is 9.98. The molecular weight excluding hydrogens is 310 g/mol. The Morgan fingerprint density at radius 1 is 1.32 bits per heavy atom. The van der Waals surface area contributed by atoms with Gasteiger partial charge in [0, 0.05) is 5.69 Å². The third kappa shape index (κ3) is 3.04. The normalized spacial score (nSPS) is 17.6. The first-order valence-electron chi connectivity index (χ1n) is 6.34. The molecule has 0 aromatic heterocycles. The summed E-state index contributed by atoms with van der Waals surface area (Å²) < 4.78 is 4.96. The largest absolute Gasteiger partial charge is 0.450 e. The van der Waals surface area contributed by atoms with Crippen molar-refractivity contribution in [2.24, 2.45) is 17.4 Å². The summed E-state index contributed by atoms with van der Waals surface area (Å²) in [7, 11) is 0. The van der Waals surface area contributed by atoms with Crippen molar-refractivity contribution >= 4 is 35.1 Å². The Labute approximate surface area is 131 Å². The number of carbonyl (C=O) groups is 3. The minimum absolute atomic E-state index is 0.0832. The number of ether oxygens (including phenoxy) is 1. The van der Waals surface area contributed by atoms with Gasteiger partial charge >= 0.3 is 5.97 Å². The number of amides is 2. The molecule has 116 valence electrons. The molecule has 7 nitrogen and oxygen atoms in total. The number of nitrogens with one attached hydrogen (secondary N) is 1. The van der Waals surface area contributed by atoms with Crippen LogP contribution in [0.5, 0.6) is 0 Å². The van der Waals surface area contributed by atoms with E-state index in [1.807, 2.05) is 13.0 Å². The molecule has 22 heavy (non-hydrogen) atoms. The van der Waals surface area contributed by atoms with Crippen molar-refractivity contribution in [1.29, 1.82) is 0 Å². The van der Waals surface area contributed by atoms with Crippen LogP contribution < -0.4 is 16.8 Å². The average molecular weight is 324 g/mol. The fourth-order valence-corrected chi connectivity index (χ4v) is 2.34. The molecule has 1 aromatic carbocycles. The molecule has 1 heterocycles. The molecule has 1 aliphatic rings. The lowest BCUT2D eigenvalue weighted by Gasteiger charge is -2.20. The van der Waals surface area contributed by atoms with E-state index in [-0.39, 0.29) is 10.7 Å². The van der Waals surface area contributed by atoms with E-state index in [1.54, 1.807) is 18.2 Å². The van der Waals surface area contributed by atoms with Gasteiger partial charge in [-0.3, -0.25) is 9.59 Å². The fourth-order valence-electron chi connectivity index (χ4n) is 2.14. The highest BCUT2D eigenvalue weighted by molar-refractivity contribution is 6.42. The van der Waals surface area contributed by atoms with Crippen molar-refractivity contribution in [3.8, 4) is 0 Å². The van der Waals surface area contributed by atoms with Gasteiger partial charge in [0.2, 0.25) is 11.8 Å². The zero-order valence-corrected chi connectivity index (χ0v) is 12.4. The van der Waals surface area contributed by atoms with Crippen molar-refractivity contribution in [1.82, 2.24) is 0 Å². The molecule has 0 saturated carbocycles. The zero-order chi connectivity index (χ0) is 16.4. The highest BCUT2D eigenvalue weighted by Crippen LogP contribution is 2.31. The first-order chi connectivity index (χ1) is 10.3. The van der Waals surface area contributed by atoms with Gasteiger partial charge in [-0.25, -0.2) is 4.79 Å². The molecule has 1 aromatic rings. The van der Waals surface area contributed by atoms with Gasteiger partial charge in [0.1, 0.15) is 5.03 Å². The lowest BCUT2D eigenvalue weighted by molar-refractivity contribution is -0.146. The Kier molecular flexibility index (Phi) is 4.37. The molecule has 1 atom stereocenters. The third-order valence-corrected chi connectivity index (χ3v) is 3.50. The van der Waals surface area contributed by atoms with Crippen LogP contribution in [0.2, 0.25) is 0 Å². The van der Waals surface area contributed by atoms with E-state index in [0.29, 0.717) is 5.69 Å². The van der Waals surface area contributed by atoms with Crippen LogP contribution in [0.3, 0.4) is 0 Å². The minimum Gasteiger partial charge on any atom is -0.450 e. The number of esters is 1. The standard InChI is InChI=1S/C14H14ClN3O4/c1-6-3-2-4-7(5-6)18-10-9(15)14(21)22-11(10)8(12(16)19)13(17)20/h2-5,8,11,18H,1H3,(H2,16,19)(H2,17,20)/t11-/m1/s1. The van der Waals surface area contributed by atoms with E-state index in [0.717, 1.165) is 5.56 Å².